The fourth-order valence-electron chi connectivity index (χ4n) is 2.70. The topological polar surface area (TPSA) is 94.6 Å². The van der Waals surface area contributed by atoms with Crippen molar-refractivity contribution in [3.05, 3.63) is 71.3 Å². The van der Waals surface area contributed by atoms with Crippen LogP contribution >= 0.6 is 24.0 Å². The van der Waals surface area contributed by atoms with Crippen molar-refractivity contribution in [1.29, 1.82) is 0 Å². The quantitative estimate of drug-likeness (QED) is 0.176. The first-order chi connectivity index (χ1) is 14.1. The van der Waals surface area contributed by atoms with Crippen LogP contribution in [0.25, 0.3) is 0 Å². The molecule has 4 N–H and O–H groups in total. The van der Waals surface area contributed by atoms with E-state index in [9.17, 15) is 9.59 Å². The van der Waals surface area contributed by atoms with Gasteiger partial charge in [-0.15, -0.1) is 24.0 Å². The zero-order valence-corrected chi connectivity index (χ0v) is 19.7. The third-order valence-electron chi connectivity index (χ3n) is 4.17. The Bertz CT molecular complexity index is 827. The third-order valence-corrected chi connectivity index (χ3v) is 4.17. The van der Waals surface area contributed by atoms with Gasteiger partial charge in [0, 0.05) is 44.4 Å². The molecule has 2 rings (SSSR count). The Hall–Kier alpha value is -2.62. The number of hydrogen-bond acceptors (Lipinski definition) is 3. The maximum atomic E-state index is 12.0. The van der Waals surface area contributed by atoms with Gasteiger partial charge in [0.25, 0.3) is 11.8 Å². The number of carbonyl (C=O) groups is 2. The van der Waals surface area contributed by atoms with E-state index in [1.54, 1.807) is 25.2 Å². The summed E-state index contributed by atoms with van der Waals surface area (Å²) in [5.74, 6) is 0.511. The fraction of sp³-hybridized carbons (Fsp3) is 0.318. The summed E-state index contributed by atoms with van der Waals surface area (Å²) in [6.07, 6.45) is 0.728. The van der Waals surface area contributed by atoms with Gasteiger partial charge in [0.15, 0.2) is 5.96 Å². The number of nitrogens with one attached hydrogen (secondary N) is 4. The molecular weight excluding hydrogens is 493 g/mol. The van der Waals surface area contributed by atoms with Crippen molar-refractivity contribution in [3.8, 4) is 0 Å². The minimum Gasteiger partial charge on any atom is -0.357 e. The highest BCUT2D eigenvalue weighted by molar-refractivity contribution is 14.0. The van der Waals surface area contributed by atoms with Crippen LogP contribution in [-0.2, 0) is 6.42 Å². The largest absolute Gasteiger partial charge is 0.357 e. The van der Waals surface area contributed by atoms with Crippen LogP contribution in [0.1, 0.15) is 33.2 Å². The van der Waals surface area contributed by atoms with Crippen molar-refractivity contribution >= 4 is 41.8 Å². The van der Waals surface area contributed by atoms with Crippen LogP contribution in [0.5, 0.6) is 0 Å². The number of benzene rings is 2. The standard InChI is InChI=1S/C22H29N5O2.HI/c1-3-24-22(27-15-14-25-21(29)18-9-5-4-6-10-18)26-13-12-17-8-7-11-19(16-17)20(28)23-2;/h4-11,16H,3,12-15H2,1-2H3,(H,23,28)(H,25,29)(H2,24,26,27);1H. The molecule has 0 radical (unpaired) electrons. The van der Waals surface area contributed by atoms with Crippen LogP contribution in [0.3, 0.4) is 0 Å². The molecule has 0 aromatic heterocycles. The van der Waals surface area contributed by atoms with Crippen molar-refractivity contribution in [3.63, 3.8) is 0 Å². The highest BCUT2D eigenvalue weighted by Gasteiger charge is 2.05. The van der Waals surface area contributed by atoms with Gasteiger partial charge in [0.1, 0.15) is 0 Å². The minimum atomic E-state index is -0.0945. The Balaban J connectivity index is 0.00000450. The molecule has 0 saturated carbocycles. The molecule has 8 heteroatoms. The second kappa shape index (κ2) is 14.4. The number of amides is 2. The maximum Gasteiger partial charge on any atom is 0.251 e. The van der Waals surface area contributed by atoms with Crippen LogP contribution in [-0.4, -0.2) is 51.0 Å². The smallest absolute Gasteiger partial charge is 0.251 e. The van der Waals surface area contributed by atoms with Crippen molar-refractivity contribution in [2.75, 3.05) is 33.2 Å². The maximum absolute atomic E-state index is 12.0. The van der Waals surface area contributed by atoms with E-state index < -0.39 is 0 Å². The molecule has 0 bridgehead atoms. The number of hydrogen-bond donors (Lipinski definition) is 4. The minimum absolute atomic E-state index is 0. The van der Waals surface area contributed by atoms with E-state index in [-0.39, 0.29) is 35.8 Å². The summed E-state index contributed by atoms with van der Waals surface area (Å²) in [6, 6.07) is 16.7. The van der Waals surface area contributed by atoms with E-state index in [4.69, 9.17) is 0 Å². The van der Waals surface area contributed by atoms with Crippen molar-refractivity contribution < 1.29 is 9.59 Å². The Labute approximate surface area is 195 Å². The predicted octanol–water partition coefficient (Wildman–Crippen LogP) is 2.19. The van der Waals surface area contributed by atoms with Crippen LogP contribution in [0.2, 0.25) is 0 Å². The van der Waals surface area contributed by atoms with Crippen LogP contribution in [0.15, 0.2) is 59.6 Å². The third kappa shape index (κ3) is 8.81. The Morgan fingerprint density at radius 2 is 1.57 bits per heavy atom. The van der Waals surface area contributed by atoms with E-state index in [0.29, 0.717) is 36.7 Å². The van der Waals surface area contributed by atoms with Gasteiger partial charge in [-0.25, -0.2) is 0 Å². The summed E-state index contributed by atoms with van der Waals surface area (Å²) in [5.41, 5.74) is 2.35. The van der Waals surface area contributed by atoms with Crippen molar-refractivity contribution in [1.82, 2.24) is 21.3 Å². The first-order valence-corrected chi connectivity index (χ1v) is 9.80. The molecule has 0 atom stereocenters. The monoisotopic (exact) mass is 523 g/mol. The van der Waals surface area contributed by atoms with Crippen molar-refractivity contribution in [2.45, 2.75) is 13.3 Å². The second-order valence-electron chi connectivity index (χ2n) is 6.34. The van der Waals surface area contributed by atoms with Gasteiger partial charge >= 0.3 is 0 Å². The van der Waals surface area contributed by atoms with Gasteiger partial charge in [-0.3, -0.25) is 14.6 Å². The molecule has 2 aromatic rings. The molecule has 0 heterocycles. The second-order valence-corrected chi connectivity index (χ2v) is 6.34. The zero-order valence-electron chi connectivity index (χ0n) is 17.4. The summed E-state index contributed by atoms with van der Waals surface area (Å²) < 4.78 is 0. The fourth-order valence-corrected chi connectivity index (χ4v) is 2.70. The SMILES string of the molecule is CCNC(=NCCc1cccc(C(=O)NC)c1)NCCNC(=O)c1ccccc1.I. The molecule has 2 aromatic carbocycles. The molecule has 30 heavy (non-hydrogen) atoms. The lowest BCUT2D eigenvalue weighted by Gasteiger charge is -2.12. The molecule has 162 valence electrons. The Morgan fingerprint density at radius 1 is 0.867 bits per heavy atom. The molecular formula is C22H30IN5O2. The molecule has 2 amide bonds. The lowest BCUT2D eigenvalue weighted by molar-refractivity contribution is 0.0949. The molecule has 0 saturated heterocycles. The Morgan fingerprint density at radius 3 is 2.27 bits per heavy atom. The molecule has 0 fully saturated rings. The molecule has 0 aliphatic heterocycles. The predicted molar refractivity (Wildman–Crippen MR) is 132 cm³/mol. The van der Waals surface area contributed by atoms with E-state index in [1.165, 1.54) is 0 Å². The van der Waals surface area contributed by atoms with Gasteiger partial charge in [0.2, 0.25) is 0 Å². The number of aliphatic imine (C=N–C) groups is 1. The number of nitrogens with zero attached hydrogens (tertiary/aromatic N) is 1. The molecule has 0 spiro atoms. The van der Waals surface area contributed by atoms with Gasteiger partial charge in [-0.2, -0.15) is 0 Å². The zero-order chi connectivity index (χ0) is 20.9. The van der Waals surface area contributed by atoms with Crippen LogP contribution in [0, 0.1) is 0 Å². The number of rotatable bonds is 9. The molecule has 7 nitrogen and oxygen atoms in total. The summed E-state index contributed by atoms with van der Waals surface area (Å²) in [4.78, 5) is 28.3. The van der Waals surface area contributed by atoms with Crippen LogP contribution < -0.4 is 21.3 Å². The first kappa shape index (κ1) is 25.4. The van der Waals surface area contributed by atoms with E-state index in [2.05, 4.69) is 26.3 Å². The van der Waals surface area contributed by atoms with Gasteiger partial charge in [0.05, 0.1) is 0 Å². The molecule has 0 aliphatic rings. The highest BCUT2D eigenvalue weighted by Crippen LogP contribution is 2.06. The number of halogens is 1. The van der Waals surface area contributed by atoms with E-state index in [0.717, 1.165) is 18.5 Å². The number of carbonyl (C=O) groups excluding carboxylic acids is 2. The van der Waals surface area contributed by atoms with E-state index in [1.807, 2.05) is 43.3 Å². The normalized spacial score (nSPS) is 10.5. The number of guanidine groups is 1. The van der Waals surface area contributed by atoms with Gasteiger partial charge in [-0.05, 0) is 43.2 Å². The molecule has 0 aliphatic carbocycles. The van der Waals surface area contributed by atoms with Crippen molar-refractivity contribution in [2.24, 2.45) is 4.99 Å². The molecule has 0 unspecified atom stereocenters. The lowest BCUT2D eigenvalue weighted by Crippen LogP contribution is -2.41. The average molecular weight is 523 g/mol. The van der Waals surface area contributed by atoms with Gasteiger partial charge < -0.3 is 21.3 Å². The summed E-state index contributed by atoms with van der Waals surface area (Å²) in [5, 5.41) is 11.9. The summed E-state index contributed by atoms with van der Waals surface area (Å²) >= 11 is 0. The lowest BCUT2D eigenvalue weighted by atomic mass is 10.1. The summed E-state index contributed by atoms with van der Waals surface area (Å²) in [6.45, 7) is 4.39. The van der Waals surface area contributed by atoms with Crippen LogP contribution in [0.4, 0.5) is 0 Å². The summed E-state index contributed by atoms with van der Waals surface area (Å²) in [7, 11) is 1.62. The van der Waals surface area contributed by atoms with Gasteiger partial charge in [-0.1, -0.05) is 30.3 Å². The average Bonchev–Trinajstić information content (AvgIpc) is 2.76. The Kier molecular flexibility index (Phi) is 12.2. The highest BCUT2D eigenvalue weighted by atomic mass is 127. The first-order valence-electron chi connectivity index (χ1n) is 9.80. The van der Waals surface area contributed by atoms with E-state index >= 15 is 0 Å².